The molecule has 3 heterocycles. The Kier molecular flexibility index (Phi) is 6.10. The maximum Gasteiger partial charge on any atom is 0.318 e. The van der Waals surface area contributed by atoms with Crippen molar-refractivity contribution < 1.29 is 13.6 Å². The van der Waals surface area contributed by atoms with Gasteiger partial charge in [0.15, 0.2) is 0 Å². The maximum absolute atomic E-state index is 13.3. The highest BCUT2D eigenvalue weighted by molar-refractivity contribution is 7.22. The van der Waals surface area contributed by atoms with Gasteiger partial charge in [-0.2, -0.15) is 0 Å². The van der Waals surface area contributed by atoms with Gasteiger partial charge in [-0.3, -0.25) is 0 Å². The van der Waals surface area contributed by atoms with Gasteiger partial charge in [0.2, 0.25) is 0 Å². The Morgan fingerprint density at radius 3 is 2.47 bits per heavy atom. The number of anilines is 1. The molecule has 6 nitrogen and oxygen atoms in total. The second-order valence-electron chi connectivity index (χ2n) is 8.30. The Bertz CT molecular complexity index is 1310. The Labute approximate surface area is 199 Å². The average molecular weight is 480 g/mol. The van der Waals surface area contributed by atoms with Crippen LogP contribution in [0, 0.1) is 11.6 Å². The van der Waals surface area contributed by atoms with Gasteiger partial charge in [0.25, 0.3) is 0 Å². The number of carbonyl (C=O) groups is 1. The van der Waals surface area contributed by atoms with Gasteiger partial charge in [0, 0.05) is 37.1 Å². The number of carbonyl (C=O) groups excluding carboxylic acids is 1. The van der Waals surface area contributed by atoms with Crippen LogP contribution in [0.15, 0.2) is 60.9 Å². The molecule has 1 saturated heterocycles. The number of benzene rings is 2. The zero-order valence-electron chi connectivity index (χ0n) is 18.5. The van der Waals surface area contributed by atoms with E-state index in [2.05, 4.69) is 20.2 Å². The summed E-state index contributed by atoms with van der Waals surface area (Å²) in [5.41, 5.74) is 2.63. The van der Waals surface area contributed by atoms with Crippen LogP contribution >= 0.6 is 11.3 Å². The first-order chi connectivity index (χ1) is 16.5. The summed E-state index contributed by atoms with van der Waals surface area (Å²) in [7, 11) is 0. The fourth-order valence-electron chi connectivity index (χ4n) is 4.16. The lowest BCUT2D eigenvalue weighted by Crippen LogP contribution is -2.56. The van der Waals surface area contributed by atoms with Crippen LogP contribution < -0.4 is 10.2 Å². The maximum atomic E-state index is 13.3. The summed E-state index contributed by atoms with van der Waals surface area (Å²) in [5, 5.41) is 2.92. The summed E-state index contributed by atoms with van der Waals surface area (Å²) in [6.07, 6.45) is 1.56. The van der Waals surface area contributed by atoms with Gasteiger partial charge < -0.3 is 15.1 Å². The number of halogens is 2. The summed E-state index contributed by atoms with van der Waals surface area (Å²) >= 11 is 1.58. The number of aromatic nitrogens is 2. The molecule has 34 heavy (non-hydrogen) atoms. The van der Waals surface area contributed by atoms with E-state index < -0.39 is 0 Å². The second-order valence-corrected chi connectivity index (χ2v) is 9.35. The van der Waals surface area contributed by atoms with Gasteiger partial charge >= 0.3 is 6.03 Å². The number of thiophene rings is 1. The molecule has 174 valence electrons. The fourth-order valence-corrected chi connectivity index (χ4v) is 5.29. The van der Waals surface area contributed by atoms with Gasteiger partial charge in [0.1, 0.15) is 23.8 Å². The van der Waals surface area contributed by atoms with Crippen LogP contribution in [0.1, 0.15) is 12.5 Å². The number of nitrogens with one attached hydrogen (secondary N) is 1. The molecule has 2 aromatic heterocycles. The van der Waals surface area contributed by atoms with Crippen molar-refractivity contribution in [2.45, 2.75) is 19.5 Å². The smallest absolute Gasteiger partial charge is 0.318 e. The molecule has 0 aliphatic carbocycles. The van der Waals surface area contributed by atoms with E-state index in [4.69, 9.17) is 0 Å². The van der Waals surface area contributed by atoms with Crippen LogP contribution in [-0.4, -0.2) is 46.6 Å². The molecule has 5 rings (SSSR count). The summed E-state index contributed by atoms with van der Waals surface area (Å²) in [4.78, 5) is 26.7. The highest BCUT2D eigenvalue weighted by Gasteiger charge is 2.29. The third-order valence-electron chi connectivity index (χ3n) is 5.97. The third-order valence-corrected chi connectivity index (χ3v) is 7.14. The lowest BCUT2D eigenvalue weighted by atomic mass is 10.2. The van der Waals surface area contributed by atoms with Crippen LogP contribution in [0.25, 0.3) is 20.7 Å². The quantitative estimate of drug-likeness (QED) is 0.445. The lowest BCUT2D eigenvalue weighted by Gasteiger charge is -2.40. The van der Waals surface area contributed by atoms with Crippen LogP contribution in [-0.2, 0) is 6.54 Å². The largest absolute Gasteiger partial charge is 0.351 e. The number of hydrogen-bond donors (Lipinski definition) is 1. The highest BCUT2D eigenvalue weighted by Crippen LogP contribution is 2.37. The Morgan fingerprint density at radius 2 is 1.76 bits per heavy atom. The first-order valence-corrected chi connectivity index (χ1v) is 11.8. The first-order valence-electron chi connectivity index (χ1n) is 11.0. The SMILES string of the molecule is C[C@@H]1CN(c2ncnc3cc(-c4ccc(F)cc4)sc23)CCN1C(=O)NCc1ccc(F)cc1. The molecular formula is C25H23F2N5OS. The average Bonchev–Trinajstić information content (AvgIpc) is 3.28. The van der Waals surface area contributed by atoms with Crippen molar-refractivity contribution in [2.75, 3.05) is 24.5 Å². The normalized spacial score (nSPS) is 16.1. The number of hydrogen-bond acceptors (Lipinski definition) is 5. The topological polar surface area (TPSA) is 61.4 Å². The van der Waals surface area contributed by atoms with Gasteiger partial charge in [-0.1, -0.05) is 24.3 Å². The summed E-state index contributed by atoms with van der Waals surface area (Å²) in [5.74, 6) is 0.287. The number of urea groups is 1. The molecule has 0 spiro atoms. The number of amides is 2. The van der Waals surface area contributed by atoms with E-state index in [-0.39, 0.29) is 23.7 Å². The first kappa shape index (κ1) is 22.2. The molecule has 2 aromatic carbocycles. The van der Waals surface area contributed by atoms with Crippen molar-refractivity contribution in [3.63, 3.8) is 0 Å². The van der Waals surface area contributed by atoms with Crippen LogP contribution in [0.5, 0.6) is 0 Å². The van der Waals surface area contributed by atoms with E-state index >= 15 is 0 Å². The molecule has 4 aromatic rings. The van der Waals surface area contributed by atoms with Crippen molar-refractivity contribution in [3.05, 3.63) is 78.1 Å². The van der Waals surface area contributed by atoms with Gasteiger partial charge in [-0.25, -0.2) is 23.5 Å². The Hall–Kier alpha value is -3.59. The fraction of sp³-hybridized carbons (Fsp3) is 0.240. The van der Waals surface area contributed by atoms with Crippen molar-refractivity contribution in [1.82, 2.24) is 20.2 Å². The second kappa shape index (κ2) is 9.34. The Morgan fingerprint density at radius 1 is 1.06 bits per heavy atom. The van der Waals surface area contributed by atoms with Crippen molar-refractivity contribution in [1.29, 1.82) is 0 Å². The van der Waals surface area contributed by atoms with Gasteiger partial charge in [0.05, 0.1) is 10.2 Å². The predicted octanol–water partition coefficient (Wildman–Crippen LogP) is 5.06. The minimum absolute atomic E-state index is 0.0245. The zero-order valence-corrected chi connectivity index (χ0v) is 19.4. The third kappa shape index (κ3) is 4.56. The molecule has 1 N–H and O–H groups in total. The summed E-state index contributed by atoms with van der Waals surface area (Å²) in [6, 6.07) is 14.4. The van der Waals surface area contributed by atoms with Crippen LogP contribution in [0.3, 0.4) is 0 Å². The van der Waals surface area contributed by atoms with Crippen molar-refractivity contribution in [3.8, 4) is 10.4 Å². The van der Waals surface area contributed by atoms with Gasteiger partial charge in [-0.15, -0.1) is 11.3 Å². The lowest BCUT2D eigenvalue weighted by molar-refractivity contribution is 0.171. The Balaban J connectivity index is 1.28. The molecule has 1 atom stereocenters. The molecule has 9 heteroatoms. The summed E-state index contributed by atoms with van der Waals surface area (Å²) in [6.45, 7) is 4.20. The monoisotopic (exact) mass is 479 g/mol. The predicted molar refractivity (Wildman–Crippen MR) is 130 cm³/mol. The van der Waals surface area contributed by atoms with E-state index in [1.807, 2.05) is 17.9 Å². The van der Waals surface area contributed by atoms with E-state index in [0.29, 0.717) is 26.2 Å². The number of rotatable bonds is 4. The minimum atomic E-state index is -0.297. The molecule has 1 aliphatic heterocycles. The van der Waals surface area contributed by atoms with E-state index in [1.54, 1.807) is 41.9 Å². The molecule has 1 aliphatic rings. The molecule has 0 radical (unpaired) electrons. The molecule has 0 unspecified atom stereocenters. The minimum Gasteiger partial charge on any atom is -0.351 e. The number of fused-ring (bicyclic) bond motifs is 1. The van der Waals surface area contributed by atoms with Crippen LogP contribution in [0.4, 0.5) is 19.4 Å². The van der Waals surface area contributed by atoms with E-state index in [1.165, 1.54) is 24.3 Å². The van der Waals surface area contributed by atoms with Crippen molar-refractivity contribution >= 4 is 33.4 Å². The number of piperazine rings is 1. The molecule has 0 saturated carbocycles. The van der Waals surface area contributed by atoms with Crippen molar-refractivity contribution in [2.24, 2.45) is 0 Å². The summed E-state index contributed by atoms with van der Waals surface area (Å²) < 4.78 is 27.4. The molecule has 1 fully saturated rings. The van der Waals surface area contributed by atoms with Crippen LogP contribution in [0.2, 0.25) is 0 Å². The van der Waals surface area contributed by atoms with E-state index in [0.717, 1.165) is 32.0 Å². The van der Waals surface area contributed by atoms with Gasteiger partial charge in [-0.05, 0) is 48.4 Å². The molecular weight excluding hydrogens is 456 g/mol. The highest BCUT2D eigenvalue weighted by atomic mass is 32.1. The zero-order chi connectivity index (χ0) is 23.7. The number of nitrogens with zero attached hydrogens (tertiary/aromatic N) is 4. The standard InChI is InChI=1S/C25H23F2N5OS/c1-16-14-31(10-11-32(16)25(33)28-13-17-2-6-19(26)7-3-17)24-23-21(29-15-30-24)12-22(34-23)18-4-8-20(27)9-5-18/h2-9,12,15-16H,10-11,13-14H2,1H3,(H,28,33)/t16-/m1/s1. The van der Waals surface area contributed by atoms with E-state index in [9.17, 15) is 13.6 Å². The molecule has 0 bridgehead atoms. The molecule has 2 amide bonds.